The molecule has 2 aliphatic rings. The highest BCUT2D eigenvalue weighted by Gasteiger charge is 2.62. The van der Waals surface area contributed by atoms with Crippen molar-refractivity contribution in [3.8, 4) is 0 Å². The molecule has 1 saturated heterocycles. The number of benzene rings is 1. The van der Waals surface area contributed by atoms with E-state index < -0.39 is 16.8 Å². The van der Waals surface area contributed by atoms with Gasteiger partial charge in [0, 0.05) is 37.3 Å². The highest BCUT2D eigenvalue weighted by Crippen LogP contribution is 2.50. The van der Waals surface area contributed by atoms with Gasteiger partial charge in [-0.25, -0.2) is 4.39 Å². The minimum atomic E-state index is -1.04. The van der Waals surface area contributed by atoms with Crippen LogP contribution >= 0.6 is 24.8 Å². The fourth-order valence-corrected chi connectivity index (χ4v) is 3.83. The van der Waals surface area contributed by atoms with Gasteiger partial charge in [-0.05, 0) is 38.0 Å². The topological polar surface area (TPSA) is 85.6 Å². The number of amides is 1. The molecule has 3 atom stereocenters. The number of hydrogen-bond donors (Lipinski definition) is 3. The molecule has 29 heavy (non-hydrogen) atoms. The van der Waals surface area contributed by atoms with Crippen LogP contribution in [0.3, 0.4) is 0 Å². The van der Waals surface area contributed by atoms with Crippen molar-refractivity contribution in [3.63, 3.8) is 0 Å². The third-order valence-electron chi connectivity index (χ3n) is 6.01. The van der Waals surface area contributed by atoms with Crippen LogP contribution in [0.1, 0.15) is 40.0 Å². The zero-order valence-corrected chi connectivity index (χ0v) is 18.8. The van der Waals surface area contributed by atoms with Gasteiger partial charge in [0.25, 0.3) is 0 Å². The van der Waals surface area contributed by atoms with Gasteiger partial charge in [0.2, 0.25) is 5.91 Å². The van der Waals surface area contributed by atoms with Crippen molar-refractivity contribution in [2.75, 3.05) is 30.4 Å². The SMILES string of the molecule is CCOC1CC(N)(C(=O)Nc2ccc(NCC3CCCO3)c(F)c2)C1(C)C.Cl.Cl. The molecule has 1 aliphatic heterocycles. The van der Waals surface area contributed by atoms with E-state index in [2.05, 4.69) is 10.6 Å². The summed E-state index contributed by atoms with van der Waals surface area (Å²) >= 11 is 0. The van der Waals surface area contributed by atoms with Crippen molar-refractivity contribution < 1.29 is 18.7 Å². The second kappa shape index (κ2) is 10.3. The molecule has 0 spiro atoms. The van der Waals surface area contributed by atoms with Crippen LogP contribution in [0.2, 0.25) is 0 Å². The summed E-state index contributed by atoms with van der Waals surface area (Å²) in [7, 11) is 0. The lowest BCUT2D eigenvalue weighted by atomic mass is 9.54. The van der Waals surface area contributed by atoms with Gasteiger partial charge in [-0.3, -0.25) is 4.79 Å². The Balaban J connectivity index is 0.00000210. The van der Waals surface area contributed by atoms with Crippen LogP contribution in [0, 0.1) is 11.2 Å². The second-order valence-corrected chi connectivity index (χ2v) is 8.01. The lowest BCUT2D eigenvalue weighted by Crippen LogP contribution is -2.74. The van der Waals surface area contributed by atoms with Crippen LogP contribution in [0.15, 0.2) is 18.2 Å². The summed E-state index contributed by atoms with van der Waals surface area (Å²) in [5.41, 5.74) is 5.62. The molecule has 2 fully saturated rings. The van der Waals surface area contributed by atoms with Crippen molar-refractivity contribution in [2.45, 2.75) is 57.8 Å². The molecule has 1 aromatic rings. The normalized spacial score (nSPS) is 27.2. The third kappa shape index (κ3) is 5.14. The monoisotopic (exact) mass is 451 g/mol. The van der Waals surface area contributed by atoms with Crippen LogP contribution in [-0.2, 0) is 14.3 Å². The average Bonchev–Trinajstić information content (AvgIpc) is 3.14. The molecule has 0 bridgehead atoms. The van der Waals surface area contributed by atoms with E-state index >= 15 is 0 Å². The van der Waals surface area contributed by atoms with Crippen molar-refractivity contribution in [3.05, 3.63) is 24.0 Å². The predicted octanol–water partition coefficient (Wildman–Crippen LogP) is 3.73. The summed E-state index contributed by atoms with van der Waals surface area (Å²) in [5.74, 6) is -0.736. The van der Waals surface area contributed by atoms with Gasteiger partial charge < -0.3 is 25.8 Å². The van der Waals surface area contributed by atoms with Gasteiger partial charge in [-0.2, -0.15) is 0 Å². The molecule has 0 aromatic heterocycles. The van der Waals surface area contributed by atoms with Crippen molar-refractivity contribution in [1.82, 2.24) is 0 Å². The van der Waals surface area contributed by atoms with Gasteiger partial charge in [0.05, 0.1) is 17.9 Å². The van der Waals surface area contributed by atoms with E-state index in [9.17, 15) is 9.18 Å². The number of rotatable bonds is 7. The Hall–Kier alpha value is -1.12. The maximum absolute atomic E-state index is 14.4. The van der Waals surface area contributed by atoms with Gasteiger partial charge in [0.15, 0.2) is 0 Å². The summed E-state index contributed by atoms with van der Waals surface area (Å²) < 4.78 is 25.6. The Labute approximate surface area is 184 Å². The van der Waals surface area contributed by atoms with Gasteiger partial charge in [-0.1, -0.05) is 13.8 Å². The van der Waals surface area contributed by atoms with E-state index in [4.69, 9.17) is 15.2 Å². The Morgan fingerprint density at radius 1 is 1.38 bits per heavy atom. The molecule has 1 heterocycles. The Bertz CT molecular complexity index is 702. The number of hydrogen-bond acceptors (Lipinski definition) is 5. The Kier molecular flexibility index (Phi) is 9.17. The van der Waals surface area contributed by atoms with Crippen LogP contribution < -0.4 is 16.4 Å². The van der Waals surface area contributed by atoms with Crippen molar-refractivity contribution in [2.24, 2.45) is 11.1 Å². The van der Waals surface area contributed by atoms with E-state index in [0.29, 0.717) is 30.9 Å². The fraction of sp³-hybridized carbons (Fsp3) is 0.650. The highest BCUT2D eigenvalue weighted by molar-refractivity contribution is 5.99. The molecule has 1 amide bonds. The van der Waals surface area contributed by atoms with Crippen LogP contribution in [0.5, 0.6) is 0 Å². The van der Waals surface area contributed by atoms with Crippen molar-refractivity contribution >= 4 is 42.1 Å². The molecule has 1 aromatic carbocycles. The van der Waals surface area contributed by atoms with Gasteiger partial charge in [-0.15, -0.1) is 24.8 Å². The first-order chi connectivity index (χ1) is 12.8. The molecule has 1 saturated carbocycles. The van der Waals surface area contributed by atoms with E-state index in [1.54, 1.807) is 12.1 Å². The molecular weight excluding hydrogens is 420 g/mol. The predicted molar refractivity (Wildman–Crippen MR) is 118 cm³/mol. The summed E-state index contributed by atoms with van der Waals surface area (Å²) in [4.78, 5) is 12.7. The van der Waals surface area contributed by atoms with Crippen LogP contribution in [-0.4, -0.2) is 43.4 Å². The smallest absolute Gasteiger partial charge is 0.245 e. The van der Waals surface area contributed by atoms with E-state index in [1.807, 2.05) is 20.8 Å². The molecule has 6 nitrogen and oxygen atoms in total. The quantitative estimate of drug-likeness (QED) is 0.587. The summed E-state index contributed by atoms with van der Waals surface area (Å²) in [6.45, 7) is 7.69. The standard InChI is InChI=1S/C20H30FN3O3.2ClH/c1-4-26-17-11-20(22,19(17,2)3)18(25)24-13-7-8-16(15(21)10-13)23-12-14-6-5-9-27-14;;/h7-8,10,14,17,23H,4-6,9,11-12,22H2,1-3H3,(H,24,25);2*1H. The number of ether oxygens (including phenoxy) is 2. The molecule has 9 heteroatoms. The number of carbonyl (C=O) groups excluding carboxylic acids is 1. The molecule has 3 unspecified atom stereocenters. The number of nitrogens with two attached hydrogens (primary N) is 1. The summed E-state index contributed by atoms with van der Waals surface area (Å²) in [6, 6.07) is 4.61. The number of nitrogens with one attached hydrogen (secondary N) is 2. The van der Waals surface area contributed by atoms with Gasteiger partial charge in [0.1, 0.15) is 11.4 Å². The zero-order chi connectivity index (χ0) is 19.7. The van der Waals surface area contributed by atoms with E-state index in [-0.39, 0.29) is 42.9 Å². The van der Waals surface area contributed by atoms with E-state index in [1.165, 1.54) is 6.07 Å². The first-order valence-electron chi connectivity index (χ1n) is 9.65. The Morgan fingerprint density at radius 2 is 2.10 bits per heavy atom. The lowest BCUT2D eigenvalue weighted by Gasteiger charge is -2.57. The fourth-order valence-electron chi connectivity index (χ4n) is 3.83. The average molecular weight is 452 g/mol. The van der Waals surface area contributed by atoms with Gasteiger partial charge >= 0.3 is 0 Å². The number of halogens is 3. The number of anilines is 2. The summed E-state index contributed by atoms with van der Waals surface area (Å²) in [5, 5.41) is 5.82. The molecule has 4 N–H and O–H groups in total. The largest absolute Gasteiger partial charge is 0.380 e. The lowest BCUT2D eigenvalue weighted by molar-refractivity contribution is -0.166. The molecule has 0 radical (unpaired) electrons. The Morgan fingerprint density at radius 3 is 2.66 bits per heavy atom. The highest BCUT2D eigenvalue weighted by atomic mass is 35.5. The zero-order valence-electron chi connectivity index (χ0n) is 17.1. The van der Waals surface area contributed by atoms with Crippen LogP contribution in [0.25, 0.3) is 0 Å². The van der Waals surface area contributed by atoms with Crippen molar-refractivity contribution in [1.29, 1.82) is 0 Å². The maximum Gasteiger partial charge on any atom is 0.245 e. The number of carbonyl (C=O) groups is 1. The minimum Gasteiger partial charge on any atom is -0.380 e. The first-order valence-corrected chi connectivity index (χ1v) is 9.65. The second-order valence-electron chi connectivity index (χ2n) is 8.01. The molecule has 166 valence electrons. The van der Waals surface area contributed by atoms with Crippen LogP contribution in [0.4, 0.5) is 15.8 Å². The maximum atomic E-state index is 14.4. The molecule has 1 aliphatic carbocycles. The molecule has 3 rings (SSSR count). The first kappa shape index (κ1) is 25.9. The minimum absolute atomic E-state index is 0. The van der Waals surface area contributed by atoms with E-state index in [0.717, 1.165) is 19.4 Å². The molecular formula is C20H32Cl2FN3O3. The summed E-state index contributed by atoms with van der Waals surface area (Å²) in [6.07, 6.45) is 2.55. The third-order valence-corrected chi connectivity index (χ3v) is 6.01.